The smallest absolute Gasteiger partial charge is 0.0548 e. The van der Waals surface area contributed by atoms with Crippen LogP contribution in [0.3, 0.4) is 0 Å². The third-order valence-electron chi connectivity index (χ3n) is 4.15. The van der Waals surface area contributed by atoms with E-state index < -0.39 is 0 Å². The van der Waals surface area contributed by atoms with Crippen LogP contribution in [0.2, 0.25) is 5.02 Å². The third kappa shape index (κ3) is 3.94. The molecule has 106 valence electrons. The molecule has 0 saturated heterocycles. The lowest BCUT2D eigenvalue weighted by atomic mass is 9.83. The molecule has 2 atom stereocenters. The van der Waals surface area contributed by atoms with Gasteiger partial charge in [-0.2, -0.15) is 0 Å². The fourth-order valence-corrected chi connectivity index (χ4v) is 3.63. The topological polar surface area (TPSA) is 29.3 Å². The van der Waals surface area contributed by atoms with Gasteiger partial charge in [0.1, 0.15) is 0 Å². The number of nitrogens with two attached hydrogens (primary N) is 1. The Morgan fingerprint density at radius 3 is 2.79 bits per heavy atom. The second-order valence-corrected chi connectivity index (χ2v) is 6.77. The lowest BCUT2D eigenvalue weighted by Gasteiger charge is -2.37. The van der Waals surface area contributed by atoms with E-state index in [9.17, 15) is 0 Å². The Labute approximate surface area is 129 Å². The molecule has 2 nitrogen and oxygen atoms in total. The molecule has 2 N–H and O–H groups in total. The van der Waals surface area contributed by atoms with E-state index >= 15 is 0 Å². The van der Waals surface area contributed by atoms with E-state index in [2.05, 4.69) is 40.0 Å². The van der Waals surface area contributed by atoms with Crippen molar-refractivity contribution < 1.29 is 0 Å². The fraction of sp³-hybridized carbons (Fsp3) is 0.600. The van der Waals surface area contributed by atoms with Gasteiger partial charge >= 0.3 is 0 Å². The summed E-state index contributed by atoms with van der Waals surface area (Å²) in [5.41, 5.74) is 7.21. The Kier molecular flexibility index (Phi) is 5.70. The highest BCUT2D eigenvalue weighted by Gasteiger charge is 2.27. The molecule has 0 aromatic heterocycles. The van der Waals surface area contributed by atoms with Crippen LogP contribution in [0.4, 0.5) is 0 Å². The van der Waals surface area contributed by atoms with E-state index in [4.69, 9.17) is 17.3 Å². The van der Waals surface area contributed by atoms with E-state index in [-0.39, 0.29) is 0 Å². The fourth-order valence-electron chi connectivity index (χ4n) is 3.09. The predicted octanol–water partition coefficient (Wildman–Crippen LogP) is 4.05. The first-order valence-corrected chi connectivity index (χ1v) is 8.13. The Balaban J connectivity index is 2.02. The molecule has 1 saturated carbocycles. The van der Waals surface area contributed by atoms with Crippen molar-refractivity contribution in [2.24, 2.45) is 11.7 Å². The standard InChI is InChI=1S/C15H22BrClN2/c1-19(15-5-3-2-4-12(15)9-18)10-11-6-7-14(17)13(16)8-11/h6-8,12,15H,2-5,9-10,18H2,1H3. The molecule has 1 fully saturated rings. The van der Waals surface area contributed by atoms with Gasteiger partial charge in [-0.15, -0.1) is 0 Å². The van der Waals surface area contributed by atoms with Crippen molar-refractivity contribution in [2.45, 2.75) is 38.3 Å². The van der Waals surface area contributed by atoms with Crippen LogP contribution in [0.1, 0.15) is 31.2 Å². The molecule has 0 spiro atoms. The maximum atomic E-state index is 6.03. The maximum absolute atomic E-state index is 6.03. The van der Waals surface area contributed by atoms with Gasteiger partial charge < -0.3 is 5.73 Å². The molecule has 0 amide bonds. The second kappa shape index (κ2) is 7.07. The van der Waals surface area contributed by atoms with Crippen LogP contribution < -0.4 is 5.73 Å². The van der Waals surface area contributed by atoms with Crippen molar-refractivity contribution in [3.05, 3.63) is 33.3 Å². The third-order valence-corrected chi connectivity index (χ3v) is 5.37. The van der Waals surface area contributed by atoms with E-state index in [0.717, 1.165) is 22.6 Å². The van der Waals surface area contributed by atoms with Crippen molar-refractivity contribution in [3.8, 4) is 0 Å². The van der Waals surface area contributed by atoms with Gasteiger partial charge in [0, 0.05) is 17.1 Å². The zero-order valence-electron chi connectivity index (χ0n) is 11.4. The zero-order valence-corrected chi connectivity index (χ0v) is 13.8. The quantitative estimate of drug-likeness (QED) is 0.892. The summed E-state index contributed by atoms with van der Waals surface area (Å²) in [6.45, 7) is 1.76. The van der Waals surface area contributed by atoms with E-state index in [1.807, 2.05) is 6.07 Å². The summed E-state index contributed by atoms with van der Waals surface area (Å²) in [6, 6.07) is 6.78. The molecule has 1 aromatic carbocycles. The average Bonchev–Trinajstić information content (AvgIpc) is 2.43. The molecule has 0 heterocycles. The molecule has 4 heteroatoms. The Hall–Kier alpha value is -0.0900. The number of halogens is 2. The van der Waals surface area contributed by atoms with Crippen molar-refractivity contribution >= 4 is 27.5 Å². The van der Waals surface area contributed by atoms with Crippen LogP contribution in [0, 0.1) is 5.92 Å². The van der Waals surface area contributed by atoms with Crippen molar-refractivity contribution in [2.75, 3.05) is 13.6 Å². The summed E-state index contributed by atoms with van der Waals surface area (Å²) >= 11 is 9.52. The number of hydrogen-bond acceptors (Lipinski definition) is 2. The zero-order chi connectivity index (χ0) is 13.8. The molecule has 2 unspecified atom stereocenters. The number of hydrogen-bond donors (Lipinski definition) is 1. The van der Waals surface area contributed by atoms with E-state index in [1.54, 1.807) is 0 Å². The van der Waals surface area contributed by atoms with Crippen molar-refractivity contribution in [3.63, 3.8) is 0 Å². The predicted molar refractivity (Wildman–Crippen MR) is 85.4 cm³/mol. The Morgan fingerprint density at radius 2 is 2.11 bits per heavy atom. The first-order chi connectivity index (χ1) is 9.11. The first-order valence-electron chi connectivity index (χ1n) is 6.96. The van der Waals surface area contributed by atoms with Gasteiger partial charge in [0.05, 0.1) is 5.02 Å². The van der Waals surface area contributed by atoms with Gasteiger partial charge in [-0.25, -0.2) is 0 Å². The van der Waals surface area contributed by atoms with Crippen LogP contribution in [0.25, 0.3) is 0 Å². The highest BCUT2D eigenvalue weighted by Crippen LogP contribution is 2.29. The van der Waals surface area contributed by atoms with Gasteiger partial charge in [-0.3, -0.25) is 4.90 Å². The highest BCUT2D eigenvalue weighted by atomic mass is 79.9. The molecule has 1 aromatic rings. The average molecular weight is 346 g/mol. The lowest BCUT2D eigenvalue weighted by molar-refractivity contribution is 0.127. The number of nitrogens with zero attached hydrogens (tertiary/aromatic N) is 1. The first kappa shape index (κ1) is 15.3. The molecule has 1 aliphatic carbocycles. The largest absolute Gasteiger partial charge is 0.330 e. The Morgan fingerprint density at radius 1 is 1.37 bits per heavy atom. The minimum absolute atomic E-state index is 0.619. The molecular weight excluding hydrogens is 324 g/mol. The molecule has 0 aliphatic heterocycles. The highest BCUT2D eigenvalue weighted by molar-refractivity contribution is 9.10. The summed E-state index contributed by atoms with van der Waals surface area (Å²) in [7, 11) is 2.21. The minimum Gasteiger partial charge on any atom is -0.330 e. The van der Waals surface area contributed by atoms with Gasteiger partial charge in [0.2, 0.25) is 0 Å². The monoisotopic (exact) mass is 344 g/mol. The molecule has 19 heavy (non-hydrogen) atoms. The number of rotatable bonds is 4. The Bertz CT molecular complexity index is 425. The second-order valence-electron chi connectivity index (χ2n) is 5.51. The van der Waals surface area contributed by atoms with Crippen LogP contribution in [-0.4, -0.2) is 24.5 Å². The normalized spacial score (nSPS) is 23.8. The van der Waals surface area contributed by atoms with Gasteiger partial charge in [-0.05, 0) is 66.0 Å². The van der Waals surface area contributed by atoms with E-state index in [0.29, 0.717) is 12.0 Å². The SMILES string of the molecule is CN(Cc1ccc(Cl)c(Br)c1)C1CCCCC1CN. The van der Waals surface area contributed by atoms with Crippen molar-refractivity contribution in [1.82, 2.24) is 4.90 Å². The van der Waals surface area contributed by atoms with Crippen LogP contribution >= 0.6 is 27.5 Å². The minimum atomic E-state index is 0.619. The number of benzene rings is 1. The van der Waals surface area contributed by atoms with E-state index in [1.165, 1.54) is 31.2 Å². The summed E-state index contributed by atoms with van der Waals surface area (Å²) in [6.07, 6.45) is 5.21. The van der Waals surface area contributed by atoms with Gasteiger partial charge in [-0.1, -0.05) is 30.5 Å². The molecule has 2 rings (SSSR count). The van der Waals surface area contributed by atoms with Gasteiger partial charge in [0.15, 0.2) is 0 Å². The van der Waals surface area contributed by atoms with Crippen molar-refractivity contribution in [1.29, 1.82) is 0 Å². The maximum Gasteiger partial charge on any atom is 0.0548 e. The molecular formula is C15H22BrClN2. The molecule has 0 radical (unpaired) electrons. The van der Waals surface area contributed by atoms with Gasteiger partial charge in [0.25, 0.3) is 0 Å². The summed E-state index contributed by atoms with van der Waals surface area (Å²) < 4.78 is 0.971. The molecule has 0 bridgehead atoms. The molecule has 1 aliphatic rings. The van der Waals surface area contributed by atoms with Crippen LogP contribution in [0.15, 0.2) is 22.7 Å². The summed E-state index contributed by atoms with van der Waals surface area (Å²) in [5.74, 6) is 0.648. The van der Waals surface area contributed by atoms with Crippen LogP contribution in [0.5, 0.6) is 0 Å². The summed E-state index contributed by atoms with van der Waals surface area (Å²) in [5, 5.41) is 0.768. The van der Waals surface area contributed by atoms with Crippen LogP contribution in [-0.2, 0) is 6.54 Å². The lowest BCUT2D eigenvalue weighted by Crippen LogP contribution is -2.42. The summed E-state index contributed by atoms with van der Waals surface area (Å²) in [4.78, 5) is 2.45.